The van der Waals surface area contributed by atoms with Crippen molar-refractivity contribution in [2.45, 2.75) is 212 Å². The van der Waals surface area contributed by atoms with Crippen molar-refractivity contribution in [1.82, 2.24) is 0 Å². The maximum Gasteiger partial charge on any atom is 0.362 e. The molecule has 2 atom stereocenters. The summed E-state index contributed by atoms with van der Waals surface area (Å²) in [6.07, 6.45) is 44.7. The summed E-state index contributed by atoms with van der Waals surface area (Å²) < 4.78 is 17.3. The number of nitrogens with zero attached hydrogens (tertiary/aromatic N) is 1. The van der Waals surface area contributed by atoms with E-state index in [0.29, 0.717) is 19.3 Å². The molecular weight excluding hydrogens is 703 g/mol. The second-order valence-corrected chi connectivity index (χ2v) is 16.7. The van der Waals surface area contributed by atoms with Gasteiger partial charge in [-0.3, -0.25) is 9.59 Å². The molecule has 0 aliphatic heterocycles. The van der Waals surface area contributed by atoms with E-state index in [9.17, 15) is 19.5 Å². The number of carboxylic acids is 1. The molecular formula is C48H88NO7+. The third-order valence-corrected chi connectivity index (χ3v) is 10.2. The van der Waals surface area contributed by atoms with Crippen LogP contribution in [0.1, 0.15) is 200 Å². The van der Waals surface area contributed by atoms with Crippen LogP contribution < -0.4 is 0 Å². The van der Waals surface area contributed by atoms with Crippen molar-refractivity contribution < 1.29 is 38.2 Å². The first-order valence-electron chi connectivity index (χ1n) is 23.0. The number of allylic oxidation sites excluding steroid dienone is 6. The summed E-state index contributed by atoms with van der Waals surface area (Å²) in [5, 5.41) is 9.62. The van der Waals surface area contributed by atoms with Crippen LogP contribution in [0.25, 0.3) is 0 Å². The Morgan fingerprint density at radius 1 is 0.536 bits per heavy atom. The highest BCUT2D eigenvalue weighted by Crippen LogP contribution is 2.14. The van der Waals surface area contributed by atoms with E-state index in [1.54, 1.807) is 0 Å². The van der Waals surface area contributed by atoms with Crippen LogP contribution >= 0.6 is 0 Å². The van der Waals surface area contributed by atoms with Gasteiger partial charge in [0.25, 0.3) is 0 Å². The zero-order chi connectivity index (χ0) is 41.4. The molecule has 0 amide bonds. The van der Waals surface area contributed by atoms with E-state index >= 15 is 0 Å². The maximum atomic E-state index is 12.7. The van der Waals surface area contributed by atoms with Gasteiger partial charge in [-0.2, -0.15) is 0 Å². The zero-order valence-electron chi connectivity index (χ0n) is 37.1. The Kier molecular flexibility index (Phi) is 37.7. The minimum atomic E-state index is -0.877. The van der Waals surface area contributed by atoms with Gasteiger partial charge < -0.3 is 23.8 Å². The van der Waals surface area contributed by atoms with Crippen molar-refractivity contribution in [3.8, 4) is 0 Å². The van der Waals surface area contributed by atoms with Crippen molar-refractivity contribution in [3.63, 3.8) is 0 Å². The smallest absolute Gasteiger partial charge is 0.362 e. The fraction of sp³-hybridized carbons (Fsp3) is 0.812. The second-order valence-electron chi connectivity index (χ2n) is 16.7. The summed E-state index contributed by atoms with van der Waals surface area (Å²) in [6.45, 7) is 4.66. The number of hydrogen-bond donors (Lipinski definition) is 1. The summed E-state index contributed by atoms with van der Waals surface area (Å²) in [5.74, 6) is -1.48. The van der Waals surface area contributed by atoms with E-state index in [1.165, 1.54) is 96.3 Å². The summed E-state index contributed by atoms with van der Waals surface area (Å²) >= 11 is 0. The van der Waals surface area contributed by atoms with Crippen LogP contribution in [0.3, 0.4) is 0 Å². The first-order valence-corrected chi connectivity index (χ1v) is 23.0. The highest BCUT2D eigenvalue weighted by atomic mass is 16.6. The number of unbranched alkanes of at least 4 members (excludes halogenated alkanes) is 21. The van der Waals surface area contributed by atoms with Gasteiger partial charge in [0.1, 0.15) is 6.61 Å². The third-order valence-electron chi connectivity index (χ3n) is 10.2. The number of quaternary nitrogens is 1. The molecule has 0 aromatic carbocycles. The predicted molar refractivity (Wildman–Crippen MR) is 234 cm³/mol. The summed E-state index contributed by atoms with van der Waals surface area (Å²) in [6, 6.07) is -0.616. The normalized spacial score (nSPS) is 13.2. The highest BCUT2D eigenvalue weighted by Gasteiger charge is 2.31. The van der Waals surface area contributed by atoms with Gasteiger partial charge in [-0.05, 0) is 64.2 Å². The monoisotopic (exact) mass is 791 g/mol. The Hall–Kier alpha value is -2.45. The molecule has 0 spiro atoms. The first kappa shape index (κ1) is 53.6. The Morgan fingerprint density at radius 2 is 0.982 bits per heavy atom. The van der Waals surface area contributed by atoms with Crippen LogP contribution in [0.15, 0.2) is 36.5 Å². The number of carbonyl (C=O) groups excluding carboxylic acids is 2. The fourth-order valence-corrected chi connectivity index (χ4v) is 6.65. The minimum Gasteiger partial charge on any atom is -0.477 e. The molecule has 0 aromatic heterocycles. The molecule has 8 heteroatoms. The molecule has 0 saturated heterocycles. The van der Waals surface area contributed by atoms with E-state index in [1.807, 2.05) is 21.1 Å². The second kappa shape index (κ2) is 39.4. The number of ether oxygens (including phenoxy) is 3. The largest absolute Gasteiger partial charge is 0.477 e. The number of rotatable bonds is 41. The highest BCUT2D eigenvalue weighted by molar-refractivity contribution is 5.72. The molecule has 0 bridgehead atoms. The van der Waals surface area contributed by atoms with Gasteiger partial charge in [0, 0.05) is 19.3 Å². The SMILES string of the molecule is CCC/C=C\C/C=C\CCCCCCCC(=O)OC(COCCC(C(=O)O)[N+](C)(C)C)COC(=O)CCCCCCCCCCC/C=C\CCCCCCCC. The molecule has 0 fully saturated rings. The number of carbonyl (C=O) groups is 3. The third kappa shape index (κ3) is 37.1. The lowest BCUT2D eigenvalue weighted by atomic mass is 10.1. The van der Waals surface area contributed by atoms with E-state index in [0.717, 1.165) is 70.6 Å². The van der Waals surface area contributed by atoms with Gasteiger partial charge in [0.2, 0.25) is 0 Å². The van der Waals surface area contributed by atoms with Crippen molar-refractivity contribution in [2.24, 2.45) is 0 Å². The van der Waals surface area contributed by atoms with Crippen molar-refractivity contribution >= 4 is 17.9 Å². The minimum absolute atomic E-state index is 0.0559. The molecule has 0 aromatic rings. The molecule has 0 heterocycles. The van der Waals surface area contributed by atoms with E-state index in [2.05, 4.69) is 50.3 Å². The Bertz CT molecular complexity index is 1020. The molecule has 0 saturated carbocycles. The number of hydrogen-bond acceptors (Lipinski definition) is 6. The maximum absolute atomic E-state index is 12.7. The molecule has 8 nitrogen and oxygen atoms in total. The van der Waals surface area contributed by atoms with Crippen LogP contribution in [0.2, 0.25) is 0 Å². The van der Waals surface area contributed by atoms with Gasteiger partial charge in [0.15, 0.2) is 12.1 Å². The summed E-state index contributed by atoms with van der Waals surface area (Å²) in [7, 11) is 5.52. The summed E-state index contributed by atoms with van der Waals surface area (Å²) in [4.78, 5) is 37.0. The quantitative estimate of drug-likeness (QED) is 0.0285. The van der Waals surface area contributed by atoms with Gasteiger partial charge in [0.05, 0.1) is 34.4 Å². The molecule has 0 aliphatic rings. The Labute approximate surface area is 344 Å². The molecule has 56 heavy (non-hydrogen) atoms. The van der Waals surface area contributed by atoms with Gasteiger partial charge >= 0.3 is 17.9 Å². The first-order chi connectivity index (χ1) is 27.1. The van der Waals surface area contributed by atoms with Gasteiger partial charge in [-0.1, -0.05) is 153 Å². The lowest BCUT2D eigenvalue weighted by Gasteiger charge is -2.31. The van der Waals surface area contributed by atoms with Crippen LogP contribution in [-0.2, 0) is 28.6 Å². The zero-order valence-corrected chi connectivity index (χ0v) is 37.1. The number of esters is 2. The van der Waals surface area contributed by atoms with E-state index in [-0.39, 0.29) is 36.2 Å². The molecule has 2 unspecified atom stereocenters. The lowest BCUT2D eigenvalue weighted by molar-refractivity contribution is -0.887. The predicted octanol–water partition coefficient (Wildman–Crippen LogP) is 12.6. The van der Waals surface area contributed by atoms with Crippen LogP contribution in [0.4, 0.5) is 0 Å². The van der Waals surface area contributed by atoms with Gasteiger partial charge in [-0.15, -0.1) is 0 Å². The Morgan fingerprint density at radius 3 is 1.46 bits per heavy atom. The molecule has 0 rings (SSSR count). The van der Waals surface area contributed by atoms with Crippen molar-refractivity contribution in [1.29, 1.82) is 0 Å². The van der Waals surface area contributed by atoms with Crippen molar-refractivity contribution in [3.05, 3.63) is 36.5 Å². The Balaban J connectivity index is 4.29. The standard InChI is InChI=1S/C48H87NO7/c1-6-8-10-12-14-16-18-20-21-22-23-24-25-27-28-30-32-34-36-38-46(50)55-43-44(42-54-41-40-45(48(52)53)49(3,4)5)56-47(51)39-37-35-33-31-29-26-19-17-15-13-11-9-7-2/h11,13,17,19-21,44-45H,6-10,12,14-16,18,22-43H2,1-5H3/p+1/b13-11-,19-17-,21-20-. The topological polar surface area (TPSA) is 99.1 Å². The fourth-order valence-electron chi connectivity index (χ4n) is 6.65. The van der Waals surface area contributed by atoms with Gasteiger partial charge in [-0.25, -0.2) is 4.79 Å². The number of aliphatic carboxylic acids is 1. The number of carboxylic acid groups (broad SMARTS) is 1. The average molecular weight is 791 g/mol. The average Bonchev–Trinajstić information content (AvgIpc) is 3.15. The molecule has 0 radical (unpaired) electrons. The van der Waals surface area contributed by atoms with Crippen molar-refractivity contribution in [2.75, 3.05) is 41.0 Å². The van der Waals surface area contributed by atoms with Crippen LogP contribution in [0.5, 0.6) is 0 Å². The van der Waals surface area contributed by atoms with E-state index < -0.39 is 18.1 Å². The van der Waals surface area contributed by atoms with E-state index in [4.69, 9.17) is 14.2 Å². The van der Waals surface area contributed by atoms with Crippen LogP contribution in [-0.4, -0.2) is 80.6 Å². The molecule has 0 aliphatic carbocycles. The lowest BCUT2D eigenvalue weighted by Crippen LogP contribution is -2.50. The molecule has 1 N–H and O–H groups in total. The number of likely N-dealkylation sites (N-methyl/N-ethyl adjacent to an activating group) is 1. The van der Waals surface area contributed by atoms with Crippen LogP contribution in [0, 0.1) is 0 Å². The summed E-state index contributed by atoms with van der Waals surface area (Å²) in [5.41, 5.74) is 0. The molecule has 326 valence electrons.